The van der Waals surface area contributed by atoms with Gasteiger partial charge >= 0.3 is 0 Å². The van der Waals surface area contributed by atoms with Crippen molar-refractivity contribution in [2.24, 2.45) is 0 Å². The van der Waals surface area contributed by atoms with Crippen LogP contribution < -0.4 is 9.62 Å². The van der Waals surface area contributed by atoms with E-state index in [0.717, 1.165) is 18.5 Å². The molecule has 2 N–H and O–H groups in total. The predicted octanol–water partition coefficient (Wildman–Crippen LogP) is 1.04. The predicted molar refractivity (Wildman–Crippen MR) is 80.4 cm³/mol. The molecular formula is C14H22N2O3S. The van der Waals surface area contributed by atoms with E-state index in [0.29, 0.717) is 0 Å². The van der Waals surface area contributed by atoms with Crippen molar-refractivity contribution in [3.05, 3.63) is 29.3 Å². The molecule has 5 nitrogen and oxygen atoms in total. The molecule has 1 aromatic rings. The van der Waals surface area contributed by atoms with Crippen LogP contribution in [0.15, 0.2) is 18.2 Å². The van der Waals surface area contributed by atoms with Gasteiger partial charge < -0.3 is 10.0 Å². The molecule has 0 radical (unpaired) electrons. The summed E-state index contributed by atoms with van der Waals surface area (Å²) < 4.78 is 25.8. The number of likely N-dealkylation sites (N-methyl/N-ethyl adjacent to an activating group) is 1. The highest BCUT2D eigenvalue weighted by atomic mass is 32.2. The Morgan fingerprint density at radius 3 is 2.75 bits per heavy atom. The Hall–Kier alpha value is -1.11. The molecule has 1 atom stereocenters. The van der Waals surface area contributed by atoms with Gasteiger partial charge in [-0.15, -0.1) is 0 Å². The van der Waals surface area contributed by atoms with Gasteiger partial charge in [-0.3, -0.25) is 0 Å². The number of fused-ring (bicyclic) bond motifs is 1. The normalized spacial score (nSPS) is 16.6. The first kappa shape index (κ1) is 15.3. The minimum absolute atomic E-state index is 0.00907. The van der Waals surface area contributed by atoms with Gasteiger partial charge in [0.25, 0.3) is 0 Å². The highest BCUT2D eigenvalue weighted by Crippen LogP contribution is 2.29. The third kappa shape index (κ3) is 3.13. The fourth-order valence-corrected chi connectivity index (χ4v) is 3.00. The summed E-state index contributed by atoms with van der Waals surface area (Å²) in [5, 5.41) is 9.63. The lowest BCUT2D eigenvalue weighted by Gasteiger charge is -2.16. The summed E-state index contributed by atoms with van der Waals surface area (Å²) in [6.07, 6.45) is 0.143. The van der Waals surface area contributed by atoms with Gasteiger partial charge in [0.2, 0.25) is 10.0 Å². The molecule has 0 aliphatic carbocycles. The topological polar surface area (TPSA) is 69.6 Å². The first-order valence-electron chi connectivity index (χ1n) is 6.82. The van der Waals surface area contributed by atoms with Crippen LogP contribution in [0.4, 0.5) is 5.69 Å². The Kier molecular flexibility index (Phi) is 4.36. The summed E-state index contributed by atoms with van der Waals surface area (Å²) in [6, 6.07) is 5.81. The van der Waals surface area contributed by atoms with E-state index in [4.69, 9.17) is 0 Å². The first-order chi connectivity index (χ1) is 9.31. The van der Waals surface area contributed by atoms with E-state index in [1.54, 1.807) is 13.8 Å². The maximum Gasteiger partial charge on any atom is 0.214 e. The van der Waals surface area contributed by atoms with Crippen LogP contribution >= 0.6 is 0 Å². The summed E-state index contributed by atoms with van der Waals surface area (Å²) in [4.78, 5) is 2.17. The van der Waals surface area contributed by atoms with Gasteiger partial charge in [0, 0.05) is 25.8 Å². The van der Waals surface area contributed by atoms with Gasteiger partial charge in [0.1, 0.15) is 0 Å². The molecule has 1 heterocycles. The van der Waals surface area contributed by atoms with Crippen LogP contribution in [0.3, 0.4) is 0 Å². The van der Waals surface area contributed by atoms with Crippen molar-refractivity contribution in [1.29, 1.82) is 0 Å². The van der Waals surface area contributed by atoms with Crippen LogP contribution in [0.25, 0.3) is 0 Å². The number of hydrogen-bond donors (Lipinski definition) is 2. The van der Waals surface area contributed by atoms with E-state index >= 15 is 0 Å². The molecular weight excluding hydrogens is 276 g/mol. The van der Waals surface area contributed by atoms with E-state index in [1.807, 2.05) is 25.2 Å². The second-order valence-electron chi connectivity index (χ2n) is 5.52. The number of nitrogens with zero attached hydrogens (tertiary/aromatic N) is 1. The third-order valence-corrected chi connectivity index (χ3v) is 5.52. The Morgan fingerprint density at radius 1 is 1.40 bits per heavy atom. The molecule has 20 heavy (non-hydrogen) atoms. The van der Waals surface area contributed by atoms with E-state index in [-0.39, 0.29) is 6.54 Å². The van der Waals surface area contributed by atoms with E-state index in [9.17, 15) is 13.5 Å². The molecule has 112 valence electrons. The van der Waals surface area contributed by atoms with Gasteiger partial charge in [0.15, 0.2) is 0 Å². The molecule has 2 rings (SSSR count). The van der Waals surface area contributed by atoms with Crippen LogP contribution in [0.1, 0.15) is 31.1 Å². The smallest absolute Gasteiger partial charge is 0.214 e. The maximum atomic E-state index is 11.7. The Labute approximate surface area is 120 Å². The summed E-state index contributed by atoms with van der Waals surface area (Å²) in [7, 11) is -1.30. The number of rotatable bonds is 5. The van der Waals surface area contributed by atoms with Crippen LogP contribution in [0, 0.1) is 0 Å². The number of hydrogen-bond acceptors (Lipinski definition) is 4. The first-order valence-corrected chi connectivity index (χ1v) is 8.36. The largest absolute Gasteiger partial charge is 0.387 e. The molecule has 0 amide bonds. The lowest BCUT2D eigenvalue weighted by Crippen LogP contribution is -2.33. The lowest BCUT2D eigenvalue weighted by atomic mass is 10.0. The molecule has 0 fully saturated rings. The summed E-state index contributed by atoms with van der Waals surface area (Å²) in [5.41, 5.74) is 3.14. The van der Waals surface area contributed by atoms with E-state index in [2.05, 4.69) is 9.62 Å². The molecule has 0 saturated heterocycles. The average Bonchev–Trinajstić information content (AvgIpc) is 2.77. The van der Waals surface area contributed by atoms with Crippen LogP contribution in [0.2, 0.25) is 0 Å². The van der Waals surface area contributed by atoms with E-state index < -0.39 is 21.4 Å². The van der Waals surface area contributed by atoms with Gasteiger partial charge in [-0.05, 0) is 37.5 Å². The van der Waals surface area contributed by atoms with Crippen molar-refractivity contribution in [2.45, 2.75) is 31.6 Å². The number of benzene rings is 1. The lowest BCUT2D eigenvalue weighted by molar-refractivity contribution is 0.182. The molecule has 1 unspecified atom stereocenters. The van der Waals surface area contributed by atoms with Gasteiger partial charge in [-0.2, -0.15) is 0 Å². The zero-order valence-electron chi connectivity index (χ0n) is 12.1. The minimum atomic E-state index is -3.34. The molecule has 0 saturated carbocycles. The Balaban J connectivity index is 2.06. The van der Waals surface area contributed by atoms with Crippen molar-refractivity contribution in [3.63, 3.8) is 0 Å². The number of sulfonamides is 1. The highest BCUT2D eigenvalue weighted by molar-refractivity contribution is 7.90. The van der Waals surface area contributed by atoms with Gasteiger partial charge in [-0.1, -0.05) is 12.1 Å². The average molecular weight is 298 g/mol. The molecule has 0 bridgehead atoms. The quantitative estimate of drug-likeness (QED) is 0.852. The second-order valence-corrected chi connectivity index (χ2v) is 7.84. The van der Waals surface area contributed by atoms with Crippen molar-refractivity contribution in [2.75, 3.05) is 25.0 Å². The van der Waals surface area contributed by atoms with Crippen molar-refractivity contribution in [3.8, 4) is 0 Å². The molecule has 1 aromatic carbocycles. The van der Waals surface area contributed by atoms with Gasteiger partial charge in [0.05, 0.1) is 11.4 Å². The zero-order chi connectivity index (χ0) is 14.9. The summed E-state index contributed by atoms with van der Waals surface area (Å²) in [6.45, 7) is 4.21. The van der Waals surface area contributed by atoms with Crippen LogP contribution in [-0.2, 0) is 16.4 Å². The maximum absolute atomic E-state index is 11.7. The van der Waals surface area contributed by atoms with Crippen molar-refractivity contribution in [1.82, 2.24) is 4.72 Å². The van der Waals surface area contributed by atoms with Crippen molar-refractivity contribution >= 4 is 15.7 Å². The van der Waals surface area contributed by atoms with Crippen LogP contribution in [-0.4, -0.2) is 38.9 Å². The molecule has 1 aliphatic heterocycles. The minimum Gasteiger partial charge on any atom is -0.387 e. The second kappa shape index (κ2) is 5.71. The Bertz CT molecular complexity index is 584. The summed E-state index contributed by atoms with van der Waals surface area (Å²) >= 11 is 0. The summed E-state index contributed by atoms with van der Waals surface area (Å²) in [5.74, 6) is 0. The van der Waals surface area contributed by atoms with Crippen LogP contribution in [0.5, 0.6) is 0 Å². The molecule has 6 heteroatoms. The van der Waals surface area contributed by atoms with Gasteiger partial charge in [-0.25, -0.2) is 13.1 Å². The standard InChI is InChI=1S/C14H22N2O3S/c1-10(2)20(18,19)15-9-14(17)12-4-5-13-11(8-12)6-7-16(13)3/h4-5,8,10,14-15,17H,6-7,9H2,1-3H3. The molecule has 1 aliphatic rings. The third-order valence-electron chi connectivity index (χ3n) is 3.71. The highest BCUT2D eigenvalue weighted by Gasteiger charge is 2.20. The Morgan fingerprint density at radius 2 is 2.10 bits per heavy atom. The number of aliphatic hydroxyl groups excluding tert-OH is 1. The number of aliphatic hydroxyl groups is 1. The SMILES string of the molecule is CC(C)S(=O)(=O)NCC(O)c1ccc2c(c1)CCN2C. The molecule has 0 aromatic heterocycles. The zero-order valence-corrected chi connectivity index (χ0v) is 12.9. The number of nitrogens with one attached hydrogen (secondary N) is 1. The number of anilines is 1. The monoisotopic (exact) mass is 298 g/mol. The van der Waals surface area contributed by atoms with Crippen molar-refractivity contribution < 1.29 is 13.5 Å². The fourth-order valence-electron chi connectivity index (χ4n) is 2.27. The fraction of sp³-hybridized carbons (Fsp3) is 0.571. The molecule has 0 spiro atoms. The van der Waals surface area contributed by atoms with E-state index in [1.165, 1.54) is 11.3 Å².